The van der Waals surface area contributed by atoms with E-state index in [0.717, 1.165) is 6.54 Å². The van der Waals surface area contributed by atoms with Crippen molar-refractivity contribution in [2.75, 3.05) is 6.54 Å². The molecule has 1 heterocycles. The molecule has 1 fully saturated rings. The molecule has 1 aliphatic rings. The molecule has 1 aliphatic heterocycles. The van der Waals surface area contributed by atoms with Crippen molar-refractivity contribution < 1.29 is 5.11 Å². The summed E-state index contributed by atoms with van der Waals surface area (Å²) in [6, 6.07) is 8.18. The third kappa shape index (κ3) is 1.83. The molecule has 1 aromatic rings. The zero-order chi connectivity index (χ0) is 9.26. The van der Waals surface area contributed by atoms with E-state index in [1.165, 1.54) is 12.0 Å². The van der Waals surface area contributed by atoms with E-state index >= 15 is 0 Å². The molecule has 2 unspecified atom stereocenters. The van der Waals surface area contributed by atoms with Crippen LogP contribution in [-0.2, 0) is 0 Å². The van der Waals surface area contributed by atoms with Gasteiger partial charge in [0.15, 0.2) is 0 Å². The summed E-state index contributed by atoms with van der Waals surface area (Å²) in [7, 11) is 0. The molecule has 2 nitrogen and oxygen atoms in total. The minimum atomic E-state index is 0.372. The molecule has 0 radical (unpaired) electrons. The second-order valence-corrected chi connectivity index (χ2v) is 3.84. The lowest BCUT2D eigenvalue weighted by Gasteiger charge is -2.08. The molecular formula is C11H15NO. The molecule has 0 bridgehead atoms. The molecule has 13 heavy (non-hydrogen) atoms. The van der Waals surface area contributed by atoms with Gasteiger partial charge >= 0.3 is 0 Å². The Labute approximate surface area is 78.6 Å². The Kier molecular flexibility index (Phi) is 2.23. The molecule has 0 aromatic heterocycles. The Balaban J connectivity index is 2.16. The van der Waals surface area contributed by atoms with Crippen LogP contribution >= 0.6 is 0 Å². The van der Waals surface area contributed by atoms with Crippen molar-refractivity contribution in [1.29, 1.82) is 0 Å². The van der Waals surface area contributed by atoms with Crippen LogP contribution in [-0.4, -0.2) is 17.7 Å². The van der Waals surface area contributed by atoms with E-state index in [-0.39, 0.29) is 0 Å². The van der Waals surface area contributed by atoms with Crippen LogP contribution in [0.1, 0.15) is 24.8 Å². The van der Waals surface area contributed by atoms with E-state index in [4.69, 9.17) is 0 Å². The Morgan fingerprint density at radius 2 is 2.31 bits per heavy atom. The van der Waals surface area contributed by atoms with Gasteiger partial charge in [0.25, 0.3) is 0 Å². The molecule has 0 aliphatic carbocycles. The lowest BCUT2D eigenvalue weighted by molar-refractivity contribution is 0.474. The quantitative estimate of drug-likeness (QED) is 0.686. The van der Waals surface area contributed by atoms with Crippen molar-refractivity contribution in [1.82, 2.24) is 5.32 Å². The Morgan fingerprint density at radius 1 is 1.46 bits per heavy atom. The summed E-state index contributed by atoms with van der Waals surface area (Å²) in [6.07, 6.45) is 1.17. The van der Waals surface area contributed by atoms with Gasteiger partial charge in [-0.15, -0.1) is 0 Å². The molecule has 0 saturated carbocycles. The van der Waals surface area contributed by atoms with E-state index in [2.05, 4.69) is 18.3 Å². The first-order valence-corrected chi connectivity index (χ1v) is 4.78. The van der Waals surface area contributed by atoms with Crippen LogP contribution in [0.25, 0.3) is 0 Å². The molecule has 2 N–H and O–H groups in total. The lowest BCUT2D eigenvalue weighted by Crippen LogP contribution is -2.16. The second-order valence-electron chi connectivity index (χ2n) is 3.84. The maximum atomic E-state index is 9.32. The van der Waals surface area contributed by atoms with E-state index < -0.39 is 0 Å². The van der Waals surface area contributed by atoms with Gasteiger partial charge in [-0.25, -0.2) is 0 Å². The predicted octanol–water partition coefficient (Wildman–Crippen LogP) is 1.86. The van der Waals surface area contributed by atoms with Gasteiger partial charge in [-0.3, -0.25) is 0 Å². The van der Waals surface area contributed by atoms with Crippen LogP contribution in [0.5, 0.6) is 5.75 Å². The normalized spacial score (nSPS) is 27.8. The number of rotatable bonds is 1. The first-order valence-electron chi connectivity index (χ1n) is 4.78. The average molecular weight is 177 g/mol. The van der Waals surface area contributed by atoms with Gasteiger partial charge in [0, 0.05) is 12.6 Å². The highest BCUT2D eigenvalue weighted by molar-refractivity contribution is 5.30. The second kappa shape index (κ2) is 3.38. The monoisotopic (exact) mass is 177 g/mol. The maximum Gasteiger partial charge on any atom is 0.115 e. The molecule has 0 amide bonds. The average Bonchev–Trinajstić information content (AvgIpc) is 2.52. The fourth-order valence-corrected chi connectivity index (χ4v) is 1.97. The highest BCUT2D eigenvalue weighted by Crippen LogP contribution is 2.27. The first kappa shape index (κ1) is 8.57. The van der Waals surface area contributed by atoms with Crippen LogP contribution < -0.4 is 5.32 Å². The molecule has 0 spiro atoms. The number of phenolic OH excluding ortho intramolecular Hbond substituents is 1. The van der Waals surface area contributed by atoms with Crippen molar-refractivity contribution in [3.63, 3.8) is 0 Å². The molecule has 2 atom stereocenters. The summed E-state index contributed by atoms with van der Waals surface area (Å²) in [5.41, 5.74) is 1.25. The number of nitrogens with one attached hydrogen (secondary N) is 1. The van der Waals surface area contributed by atoms with Crippen molar-refractivity contribution in [3.05, 3.63) is 29.8 Å². The molecule has 1 saturated heterocycles. The van der Waals surface area contributed by atoms with Crippen molar-refractivity contribution >= 4 is 0 Å². The zero-order valence-corrected chi connectivity index (χ0v) is 7.83. The lowest BCUT2D eigenvalue weighted by atomic mass is 9.96. The third-order valence-corrected chi connectivity index (χ3v) is 2.69. The Hall–Kier alpha value is -1.02. The van der Waals surface area contributed by atoms with Gasteiger partial charge in [0.1, 0.15) is 5.75 Å². The zero-order valence-electron chi connectivity index (χ0n) is 7.83. The summed E-state index contributed by atoms with van der Waals surface area (Å²) in [5.74, 6) is 0.944. The fraction of sp³-hybridized carbons (Fsp3) is 0.455. The van der Waals surface area contributed by atoms with Crippen LogP contribution in [0.15, 0.2) is 24.3 Å². The molecular weight excluding hydrogens is 162 g/mol. The SMILES string of the molecule is CC1CC(c2cccc(O)c2)CN1. The van der Waals surface area contributed by atoms with E-state index in [1.807, 2.05) is 12.1 Å². The number of benzene rings is 1. The Bertz CT molecular complexity index is 298. The summed E-state index contributed by atoms with van der Waals surface area (Å²) in [4.78, 5) is 0. The smallest absolute Gasteiger partial charge is 0.115 e. The number of aromatic hydroxyl groups is 1. The standard InChI is InChI=1S/C11H15NO/c1-8-5-10(7-12-8)9-3-2-4-11(13)6-9/h2-4,6,8,10,12-13H,5,7H2,1H3. The number of phenols is 1. The highest BCUT2D eigenvalue weighted by atomic mass is 16.3. The maximum absolute atomic E-state index is 9.32. The van der Waals surface area contributed by atoms with Gasteiger partial charge < -0.3 is 10.4 Å². The van der Waals surface area contributed by atoms with Crippen LogP contribution in [0.2, 0.25) is 0 Å². The van der Waals surface area contributed by atoms with E-state index in [9.17, 15) is 5.11 Å². The molecule has 2 heteroatoms. The van der Waals surface area contributed by atoms with Gasteiger partial charge in [-0.2, -0.15) is 0 Å². The summed E-state index contributed by atoms with van der Waals surface area (Å²) >= 11 is 0. The van der Waals surface area contributed by atoms with Crippen LogP contribution in [0.4, 0.5) is 0 Å². The third-order valence-electron chi connectivity index (χ3n) is 2.69. The van der Waals surface area contributed by atoms with Crippen molar-refractivity contribution in [2.24, 2.45) is 0 Å². The van der Waals surface area contributed by atoms with Gasteiger partial charge in [-0.05, 0) is 37.0 Å². The van der Waals surface area contributed by atoms with Gasteiger partial charge in [-0.1, -0.05) is 12.1 Å². The van der Waals surface area contributed by atoms with E-state index in [1.54, 1.807) is 6.07 Å². The molecule has 70 valence electrons. The van der Waals surface area contributed by atoms with E-state index in [0.29, 0.717) is 17.7 Å². The van der Waals surface area contributed by atoms with Crippen LogP contribution in [0.3, 0.4) is 0 Å². The van der Waals surface area contributed by atoms with Crippen LogP contribution in [0, 0.1) is 0 Å². The van der Waals surface area contributed by atoms with Crippen molar-refractivity contribution in [2.45, 2.75) is 25.3 Å². The fourth-order valence-electron chi connectivity index (χ4n) is 1.97. The topological polar surface area (TPSA) is 32.3 Å². The largest absolute Gasteiger partial charge is 0.508 e. The number of hydrogen-bond donors (Lipinski definition) is 2. The molecule has 1 aromatic carbocycles. The number of hydrogen-bond acceptors (Lipinski definition) is 2. The van der Waals surface area contributed by atoms with Gasteiger partial charge in [0.05, 0.1) is 0 Å². The van der Waals surface area contributed by atoms with Crippen molar-refractivity contribution in [3.8, 4) is 5.75 Å². The minimum Gasteiger partial charge on any atom is -0.508 e. The van der Waals surface area contributed by atoms with Gasteiger partial charge in [0.2, 0.25) is 0 Å². The minimum absolute atomic E-state index is 0.372. The summed E-state index contributed by atoms with van der Waals surface area (Å²) in [5, 5.41) is 12.7. The first-order chi connectivity index (χ1) is 6.25. The summed E-state index contributed by atoms with van der Waals surface area (Å²) in [6.45, 7) is 3.23. The predicted molar refractivity (Wildman–Crippen MR) is 52.9 cm³/mol. The summed E-state index contributed by atoms with van der Waals surface area (Å²) < 4.78 is 0. The Morgan fingerprint density at radius 3 is 2.92 bits per heavy atom. The molecule has 2 rings (SSSR count). The highest BCUT2D eigenvalue weighted by Gasteiger charge is 2.21.